The summed E-state index contributed by atoms with van der Waals surface area (Å²) < 4.78 is 12.9. The predicted molar refractivity (Wildman–Crippen MR) is 196 cm³/mol. The summed E-state index contributed by atoms with van der Waals surface area (Å²) in [6.45, 7) is 0. The topological polar surface area (TPSA) is 29.5 Å². The molecule has 0 N–H and O–H groups in total. The largest absolute Gasteiger partial charge is 0.456 e. The highest BCUT2D eigenvalue weighted by atomic mass is 16.3. The SMILES string of the molecule is c1ccc2c(-c3ccc(N(c4ccc5c(c4)oc4ccccc45)c4c5ccccc5cc5oc6ccccc6c45)cc3)cccc2c1. The highest BCUT2D eigenvalue weighted by Crippen LogP contribution is 2.48. The molecule has 2 aromatic heterocycles. The molecule has 0 saturated carbocycles. The molecule has 0 aliphatic carbocycles. The molecule has 10 rings (SSSR count). The van der Waals surface area contributed by atoms with Gasteiger partial charge in [0.25, 0.3) is 0 Å². The molecule has 0 amide bonds. The number of para-hydroxylation sites is 2. The van der Waals surface area contributed by atoms with E-state index in [2.05, 4.69) is 144 Å². The fraction of sp³-hybridized carbons (Fsp3) is 0. The standard InChI is InChI=1S/C44H27NO2/c1-3-13-33-28(10-1)12-9-17-34(33)29-20-22-31(23-21-29)45(32-24-25-37-36-15-5-7-18-39(36)46-41(37)27-32)44-35-14-4-2-11-30(35)26-42-43(44)38-16-6-8-19-40(38)47-42/h1-27H. The maximum atomic E-state index is 6.51. The summed E-state index contributed by atoms with van der Waals surface area (Å²) in [5, 5.41) is 9.15. The van der Waals surface area contributed by atoms with Crippen molar-refractivity contribution in [1.29, 1.82) is 0 Å². The van der Waals surface area contributed by atoms with Gasteiger partial charge in [-0.15, -0.1) is 0 Å². The maximum Gasteiger partial charge on any atom is 0.138 e. The lowest BCUT2D eigenvalue weighted by molar-refractivity contribution is 0.669. The number of anilines is 3. The molecule has 0 unspecified atom stereocenters. The van der Waals surface area contributed by atoms with Gasteiger partial charge in [0, 0.05) is 39.0 Å². The van der Waals surface area contributed by atoms with Crippen LogP contribution in [0.3, 0.4) is 0 Å². The van der Waals surface area contributed by atoms with Crippen LogP contribution in [-0.2, 0) is 0 Å². The lowest BCUT2D eigenvalue weighted by Gasteiger charge is -2.28. The first kappa shape index (κ1) is 26.0. The average molecular weight is 602 g/mol. The zero-order chi connectivity index (χ0) is 30.9. The second-order valence-electron chi connectivity index (χ2n) is 12.1. The molecule has 0 bridgehead atoms. The average Bonchev–Trinajstić information content (AvgIpc) is 3.69. The number of furan rings is 2. The molecule has 10 aromatic rings. The minimum atomic E-state index is 0.856. The first-order valence-corrected chi connectivity index (χ1v) is 15.9. The molecule has 0 aliphatic heterocycles. The van der Waals surface area contributed by atoms with Crippen molar-refractivity contribution in [3.63, 3.8) is 0 Å². The molecule has 2 heterocycles. The summed E-state index contributed by atoms with van der Waals surface area (Å²) in [5.74, 6) is 0. The molecular formula is C44H27NO2. The third kappa shape index (κ3) is 4.00. The summed E-state index contributed by atoms with van der Waals surface area (Å²) >= 11 is 0. The Bertz CT molecular complexity index is 2800. The number of hydrogen-bond donors (Lipinski definition) is 0. The second kappa shape index (κ2) is 10.1. The minimum absolute atomic E-state index is 0.856. The smallest absolute Gasteiger partial charge is 0.138 e. The number of fused-ring (bicyclic) bond motifs is 8. The van der Waals surface area contributed by atoms with Crippen molar-refractivity contribution < 1.29 is 8.83 Å². The zero-order valence-electron chi connectivity index (χ0n) is 25.4. The monoisotopic (exact) mass is 601 g/mol. The third-order valence-electron chi connectivity index (χ3n) is 9.43. The van der Waals surface area contributed by atoms with Gasteiger partial charge in [0.15, 0.2) is 0 Å². The van der Waals surface area contributed by atoms with E-state index < -0.39 is 0 Å². The van der Waals surface area contributed by atoms with E-state index in [0.717, 1.165) is 71.7 Å². The van der Waals surface area contributed by atoms with Crippen molar-refractivity contribution in [2.75, 3.05) is 4.90 Å². The van der Waals surface area contributed by atoms with Crippen molar-refractivity contribution in [3.05, 3.63) is 164 Å². The molecule has 0 spiro atoms. The van der Waals surface area contributed by atoms with Crippen LogP contribution >= 0.6 is 0 Å². The number of rotatable bonds is 4. The number of hydrogen-bond acceptors (Lipinski definition) is 3. The van der Waals surface area contributed by atoms with Crippen LogP contribution in [0, 0.1) is 0 Å². The van der Waals surface area contributed by atoms with Crippen LogP contribution in [-0.4, -0.2) is 0 Å². The van der Waals surface area contributed by atoms with Crippen LogP contribution in [0.4, 0.5) is 17.1 Å². The Balaban J connectivity index is 1.26. The Morgan fingerprint density at radius 3 is 1.79 bits per heavy atom. The van der Waals surface area contributed by atoms with E-state index in [1.807, 2.05) is 24.3 Å². The fourth-order valence-corrected chi connectivity index (χ4v) is 7.29. The summed E-state index contributed by atoms with van der Waals surface area (Å²) in [6, 6.07) is 57.9. The van der Waals surface area contributed by atoms with Gasteiger partial charge in [-0.05, 0) is 69.8 Å². The molecule has 47 heavy (non-hydrogen) atoms. The van der Waals surface area contributed by atoms with Crippen LogP contribution in [0.2, 0.25) is 0 Å². The van der Waals surface area contributed by atoms with Crippen molar-refractivity contribution in [2.24, 2.45) is 0 Å². The zero-order valence-corrected chi connectivity index (χ0v) is 25.4. The van der Waals surface area contributed by atoms with E-state index in [4.69, 9.17) is 8.83 Å². The quantitative estimate of drug-likeness (QED) is 0.201. The molecule has 8 aromatic carbocycles. The van der Waals surface area contributed by atoms with Crippen LogP contribution in [0.25, 0.3) is 76.5 Å². The number of benzene rings is 8. The van der Waals surface area contributed by atoms with Gasteiger partial charge in [0.05, 0.1) is 11.1 Å². The molecule has 220 valence electrons. The molecule has 0 atom stereocenters. The normalized spacial score (nSPS) is 11.8. The molecule has 0 fully saturated rings. The second-order valence-corrected chi connectivity index (χ2v) is 12.1. The Hall–Kier alpha value is -6.32. The van der Waals surface area contributed by atoms with Crippen molar-refractivity contribution >= 4 is 82.5 Å². The van der Waals surface area contributed by atoms with E-state index >= 15 is 0 Å². The Labute approximate surface area is 270 Å². The fourth-order valence-electron chi connectivity index (χ4n) is 7.29. The first-order chi connectivity index (χ1) is 23.3. The van der Waals surface area contributed by atoms with Crippen molar-refractivity contribution in [2.45, 2.75) is 0 Å². The van der Waals surface area contributed by atoms with Crippen LogP contribution in [0.1, 0.15) is 0 Å². The highest BCUT2D eigenvalue weighted by Gasteiger charge is 2.23. The van der Waals surface area contributed by atoms with E-state index in [0.29, 0.717) is 0 Å². The highest BCUT2D eigenvalue weighted by molar-refractivity contribution is 6.22. The molecule has 3 nitrogen and oxygen atoms in total. The van der Waals surface area contributed by atoms with Crippen LogP contribution < -0.4 is 4.90 Å². The van der Waals surface area contributed by atoms with Crippen molar-refractivity contribution in [1.82, 2.24) is 0 Å². The summed E-state index contributed by atoms with van der Waals surface area (Å²) in [4.78, 5) is 2.37. The van der Waals surface area contributed by atoms with Gasteiger partial charge in [-0.2, -0.15) is 0 Å². The third-order valence-corrected chi connectivity index (χ3v) is 9.43. The maximum absolute atomic E-state index is 6.51. The van der Waals surface area contributed by atoms with Gasteiger partial charge in [-0.25, -0.2) is 0 Å². The van der Waals surface area contributed by atoms with Crippen LogP contribution in [0.15, 0.2) is 173 Å². The predicted octanol–water partition coefficient (Wildman–Crippen LogP) is 12.9. The summed E-state index contributed by atoms with van der Waals surface area (Å²) in [6.07, 6.45) is 0. The summed E-state index contributed by atoms with van der Waals surface area (Å²) in [5.41, 5.74) is 9.02. The van der Waals surface area contributed by atoms with Crippen molar-refractivity contribution in [3.8, 4) is 11.1 Å². The molecule has 0 radical (unpaired) electrons. The Kier molecular flexibility index (Phi) is 5.57. The van der Waals surface area contributed by atoms with Crippen LogP contribution in [0.5, 0.6) is 0 Å². The van der Waals surface area contributed by atoms with Gasteiger partial charge in [0.1, 0.15) is 22.3 Å². The van der Waals surface area contributed by atoms with E-state index in [1.165, 1.54) is 21.9 Å². The Morgan fingerprint density at radius 1 is 0.362 bits per heavy atom. The molecular weight excluding hydrogens is 574 g/mol. The Morgan fingerprint density at radius 2 is 0.957 bits per heavy atom. The van der Waals surface area contributed by atoms with Gasteiger partial charge < -0.3 is 13.7 Å². The molecule has 3 heteroatoms. The minimum Gasteiger partial charge on any atom is -0.456 e. The van der Waals surface area contributed by atoms with Gasteiger partial charge in [-0.1, -0.05) is 115 Å². The van der Waals surface area contributed by atoms with E-state index in [1.54, 1.807) is 0 Å². The van der Waals surface area contributed by atoms with Gasteiger partial charge in [0.2, 0.25) is 0 Å². The van der Waals surface area contributed by atoms with E-state index in [9.17, 15) is 0 Å². The van der Waals surface area contributed by atoms with Gasteiger partial charge >= 0.3 is 0 Å². The first-order valence-electron chi connectivity index (χ1n) is 15.9. The van der Waals surface area contributed by atoms with E-state index in [-0.39, 0.29) is 0 Å². The molecule has 0 saturated heterocycles. The molecule has 0 aliphatic rings. The number of nitrogens with zero attached hydrogens (tertiary/aromatic N) is 1. The van der Waals surface area contributed by atoms with Gasteiger partial charge in [-0.3, -0.25) is 0 Å². The lowest BCUT2D eigenvalue weighted by atomic mass is 9.97. The summed E-state index contributed by atoms with van der Waals surface area (Å²) in [7, 11) is 0. The lowest BCUT2D eigenvalue weighted by Crippen LogP contribution is -2.11.